The van der Waals surface area contributed by atoms with Crippen LogP contribution in [0.5, 0.6) is 0 Å². The van der Waals surface area contributed by atoms with Gasteiger partial charge in [-0.3, -0.25) is 4.79 Å². The number of aliphatic carboxylic acids is 1. The smallest absolute Gasteiger partial charge is 0.330 e. The molecule has 0 saturated carbocycles. The molecule has 2 N–H and O–H groups in total. The number of hydrogen-bond acceptors (Lipinski definition) is 3. The quantitative estimate of drug-likeness (QED) is 0.892. The molecule has 114 valence electrons. The highest BCUT2D eigenvalue weighted by Gasteiger charge is 2.28. The second kappa shape index (κ2) is 6.87. The number of rotatable bonds is 4. The molecule has 0 aromatic heterocycles. The Labute approximate surface area is 126 Å². The summed E-state index contributed by atoms with van der Waals surface area (Å²) < 4.78 is 18.6. The molecule has 0 bridgehead atoms. The fourth-order valence-corrected chi connectivity index (χ4v) is 2.30. The Morgan fingerprint density at radius 3 is 2.81 bits per heavy atom. The summed E-state index contributed by atoms with van der Waals surface area (Å²) in [5.41, 5.74) is 0.134. The van der Waals surface area contributed by atoms with Crippen molar-refractivity contribution in [3.63, 3.8) is 0 Å². The first-order chi connectivity index (χ1) is 9.99. The number of ether oxygens (including phenoxy) is 1. The van der Waals surface area contributed by atoms with Gasteiger partial charge in [-0.15, -0.1) is 0 Å². The predicted molar refractivity (Wildman–Crippen MR) is 73.5 cm³/mol. The monoisotopic (exact) mass is 315 g/mol. The number of nitrogens with one attached hydrogen (secondary N) is 1. The van der Waals surface area contributed by atoms with Gasteiger partial charge in [0.05, 0.1) is 17.5 Å². The lowest BCUT2D eigenvalue weighted by Crippen LogP contribution is -2.40. The third-order valence-electron chi connectivity index (χ3n) is 3.34. The van der Waals surface area contributed by atoms with Crippen molar-refractivity contribution in [3.05, 3.63) is 34.6 Å². The van der Waals surface area contributed by atoms with E-state index in [4.69, 9.17) is 16.3 Å². The van der Waals surface area contributed by atoms with Crippen molar-refractivity contribution in [1.29, 1.82) is 0 Å². The summed E-state index contributed by atoms with van der Waals surface area (Å²) in [5, 5.41) is 11.6. The van der Waals surface area contributed by atoms with Gasteiger partial charge in [0.1, 0.15) is 5.82 Å². The molecule has 21 heavy (non-hydrogen) atoms. The molecule has 1 aromatic carbocycles. The lowest BCUT2D eigenvalue weighted by molar-refractivity contribution is -0.143. The van der Waals surface area contributed by atoms with E-state index in [0.717, 1.165) is 12.5 Å². The lowest BCUT2D eigenvalue weighted by Gasteiger charge is -2.23. The minimum atomic E-state index is -1.31. The number of benzene rings is 1. The maximum absolute atomic E-state index is 13.4. The summed E-state index contributed by atoms with van der Waals surface area (Å²) in [6.45, 7) is 0.877. The van der Waals surface area contributed by atoms with Gasteiger partial charge in [0.15, 0.2) is 6.04 Å². The highest BCUT2D eigenvalue weighted by molar-refractivity contribution is 6.30. The number of carboxylic acid groups (broad SMARTS) is 1. The minimum absolute atomic E-state index is 0.102. The summed E-state index contributed by atoms with van der Waals surface area (Å²) in [7, 11) is 0. The van der Waals surface area contributed by atoms with Crippen molar-refractivity contribution >= 4 is 23.5 Å². The van der Waals surface area contributed by atoms with E-state index >= 15 is 0 Å². The number of amides is 1. The first-order valence-corrected chi connectivity index (χ1v) is 6.92. The van der Waals surface area contributed by atoms with Crippen molar-refractivity contribution in [2.75, 3.05) is 13.2 Å². The van der Waals surface area contributed by atoms with Gasteiger partial charge in [-0.25, -0.2) is 9.18 Å². The van der Waals surface area contributed by atoms with Gasteiger partial charge < -0.3 is 15.2 Å². The lowest BCUT2D eigenvalue weighted by atomic mass is 10.00. The normalized spacial score (nSPS) is 19.8. The number of carbonyl (C=O) groups is 2. The van der Waals surface area contributed by atoms with Gasteiger partial charge in [0.2, 0.25) is 5.91 Å². The molecule has 1 aromatic rings. The molecular weight excluding hydrogens is 301 g/mol. The summed E-state index contributed by atoms with van der Waals surface area (Å²) in [6.07, 6.45) is 1.40. The number of carboxylic acids is 1. The van der Waals surface area contributed by atoms with Crippen LogP contribution in [0.25, 0.3) is 0 Å². The van der Waals surface area contributed by atoms with Gasteiger partial charge in [0, 0.05) is 6.61 Å². The van der Waals surface area contributed by atoms with E-state index < -0.39 is 23.7 Å². The number of carbonyl (C=O) groups excluding carboxylic acids is 1. The van der Waals surface area contributed by atoms with Crippen molar-refractivity contribution in [2.45, 2.75) is 18.9 Å². The highest BCUT2D eigenvalue weighted by Crippen LogP contribution is 2.22. The van der Waals surface area contributed by atoms with Crippen LogP contribution in [-0.2, 0) is 14.3 Å². The van der Waals surface area contributed by atoms with E-state index in [2.05, 4.69) is 5.32 Å². The third-order valence-corrected chi connectivity index (χ3v) is 3.65. The molecule has 1 aliphatic rings. The van der Waals surface area contributed by atoms with Gasteiger partial charge in [-0.05, 0) is 30.5 Å². The highest BCUT2D eigenvalue weighted by atomic mass is 35.5. The van der Waals surface area contributed by atoms with Crippen LogP contribution in [-0.4, -0.2) is 30.2 Å². The minimum Gasteiger partial charge on any atom is -0.479 e. The van der Waals surface area contributed by atoms with Crippen molar-refractivity contribution in [1.82, 2.24) is 5.32 Å². The van der Waals surface area contributed by atoms with Gasteiger partial charge in [-0.2, -0.15) is 0 Å². The van der Waals surface area contributed by atoms with Crippen molar-refractivity contribution in [3.8, 4) is 0 Å². The van der Waals surface area contributed by atoms with Crippen LogP contribution in [0.1, 0.15) is 24.4 Å². The molecule has 5 nitrogen and oxygen atoms in total. The van der Waals surface area contributed by atoms with Crippen LogP contribution in [0.4, 0.5) is 4.39 Å². The van der Waals surface area contributed by atoms with Gasteiger partial charge in [0.25, 0.3) is 0 Å². The number of hydrogen-bond donors (Lipinski definition) is 2. The van der Waals surface area contributed by atoms with E-state index in [9.17, 15) is 19.1 Å². The fourth-order valence-electron chi connectivity index (χ4n) is 2.19. The Morgan fingerprint density at radius 2 is 2.24 bits per heavy atom. The van der Waals surface area contributed by atoms with E-state index in [1.54, 1.807) is 0 Å². The van der Waals surface area contributed by atoms with Crippen LogP contribution in [0.3, 0.4) is 0 Å². The average molecular weight is 316 g/mol. The zero-order chi connectivity index (χ0) is 15.4. The first-order valence-electron chi connectivity index (χ1n) is 6.55. The summed E-state index contributed by atoms with van der Waals surface area (Å²) in [5.74, 6) is -2.77. The first kappa shape index (κ1) is 15.7. The zero-order valence-corrected chi connectivity index (χ0v) is 11.9. The standard InChI is InChI=1S/C14H15ClFNO4/c15-10-4-3-8(6-11(10)16)12(14(19)20)17-13(18)9-2-1-5-21-7-9/h3-4,6,9,12H,1-2,5,7H2,(H,17,18)(H,19,20). The average Bonchev–Trinajstić information content (AvgIpc) is 2.48. The molecule has 0 radical (unpaired) electrons. The van der Waals surface area contributed by atoms with Crippen LogP contribution >= 0.6 is 11.6 Å². The van der Waals surface area contributed by atoms with Crippen LogP contribution < -0.4 is 5.32 Å². The molecule has 0 aliphatic carbocycles. The zero-order valence-electron chi connectivity index (χ0n) is 11.1. The Hall–Kier alpha value is -1.66. The number of halogens is 2. The maximum Gasteiger partial charge on any atom is 0.330 e. The molecular formula is C14H15ClFNO4. The second-order valence-electron chi connectivity index (χ2n) is 4.87. The SMILES string of the molecule is O=C(NC(C(=O)O)c1ccc(Cl)c(F)c1)C1CCCOC1. The molecule has 0 spiro atoms. The molecule has 7 heteroatoms. The third kappa shape index (κ3) is 3.92. The summed E-state index contributed by atoms with van der Waals surface area (Å²) >= 11 is 5.57. The van der Waals surface area contributed by atoms with Crippen LogP contribution in [0.15, 0.2) is 18.2 Å². The van der Waals surface area contributed by atoms with Gasteiger partial charge >= 0.3 is 5.97 Å². The molecule has 2 rings (SSSR count). The molecule has 2 atom stereocenters. The Balaban J connectivity index is 2.13. The van der Waals surface area contributed by atoms with E-state index in [0.29, 0.717) is 13.0 Å². The molecule has 1 heterocycles. The maximum atomic E-state index is 13.4. The van der Waals surface area contributed by atoms with Crippen molar-refractivity contribution in [2.24, 2.45) is 5.92 Å². The summed E-state index contributed by atoms with van der Waals surface area (Å²) in [4.78, 5) is 23.4. The van der Waals surface area contributed by atoms with E-state index in [-0.39, 0.29) is 23.1 Å². The molecule has 1 aliphatic heterocycles. The van der Waals surface area contributed by atoms with Gasteiger partial charge in [-0.1, -0.05) is 17.7 Å². The molecule has 1 saturated heterocycles. The molecule has 1 fully saturated rings. The topological polar surface area (TPSA) is 75.6 Å². The molecule has 1 amide bonds. The second-order valence-corrected chi connectivity index (χ2v) is 5.27. The Morgan fingerprint density at radius 1 is 1.48 bits per heavy atom. The van der Waals surface area contributed by atoms with E-state index in [1.807, 2.05) is 0 Å². The Kier molecular flexibility index (Phi) is 5.14. The van der Waals surface area contributed by atoms with E-state index in [1.165, 1.54) is 12.1 Å². The fraction of sp³-hybridized carbons (Fsp3) is 0.429. The molecule has 2 unspecified atom stereocenters. The predicted octanol–water partition coefficient (Wildman–Crippen LogP) is 2.15. The largest absolute Gasteiger partial charge is 0.479 e. The Bertz CT molecular complexity index is 546. The summed E-state index contributed by atoms with van der Waals surface area (Å²) in [6, 6.07) is 2.34. The van der Waals surface area contributed by atoms with Crippen LogP contribution in [0.2, 0.25) is 5.02 Å². The van der Waals surface area contributed by atoms with Crippen molar-refractivity contribution < 1.29 is 23.8 Å². The van der Waals surface area contributed by atoms with Crippen LogP contribution in [0, 0.1) is 11.7 Å².